The van der Waals surface area contributed by atoms with Crippen LogP contribution in [0.4, 0.5) is 17.6 Å². The van der Waals surface area contributed by atoms with Gasteiger partial charge in [-0.05, 0) is 30.3 Å². The quantitative estimate of drug-likeness (QED) is 0.776. The lowest BCUT2D eigenvalue weighted by molar-refractivity contribution is -0.304. The number of carboxylic acid groups (broad SMARTS) is 1. The van der Waals surface area contributed by atoms with E-state index in [9.17, 15) is 27.5 Å². The van der Waals surface area contributed by atoms with Crippen LogP contribution in [0.3, 0.4) is 0 Å². The highest BCUT2D eigenvalue weighted by atomic mass is 35.5. The third kappa shape index (κ3) is 2.96. The van der Waals surface area contributed by atoms with Gasteiger partial charge in [0.2, 0.25) is 0 Å². The normalized spacial score (nSPS) is 19.2. The first-order chi connectivity index (χ1) is 12.1. The molecule has 1 atom stereocenters. The van der Waals surface area contributed by atoms with Crippen molar-refractivity contribution in [2.75, 3.05) is 0 Å². The van der Waals surface area contributed by atoms with Gasteiger partial charge in [0.15, 0.2) is 11.6 Å². The molecule has 0 aliphatic carbocycles. The molecule has 0 fully saturated rings. The average Bonchev–Trinajstić information content (AvgIpc) is 2.55. The van der Waals surface area contributed by atoms with Crippen LogP contribution in [-0.2, 0) is 4.79 Å². The summed E-state index contributed by atoms with van der Waals surface area (Å²) in [5.74, 6) is -7.98. The summed E-state index contributed by atoms with van der Waals surface area (Å²) < 4.78 is 65.4. The Hall–Kier alpha value is -2.74. The van der Waals surface area contributed by atoms with Crippen molar-refractivity contribution in [2.45, 2.75) is 12.0 Å². The highest BCUT2D eigenvalue weighted by molar-refractivity contribution is 6.30. The number of rotatable bonds is 3. The van der Waals surface area contributed by atoms with Crippen LogP contribution in [0.5, 0.6) is 11.5 Å². The van der Waals surface area contributed by atoms with Gasteiger partial charge in [-0.2, -0.15) is 13.2 Å². The number of carbonyl (C=O) groups is 1. The topological polar surface area (TPSA) is 55.8 Å². The Bertz CT molecular complexity index is 910. The summed E-state index contributed by atoms with van der Waals surface area (Å²) in [6, 6.07) is 8.19. The molecule has 0 saturated heterocycles. The van der Waals surface area contributed by atoms with Crippen molar-refractivity contribution in [3.8, 4) is 11.5 Å². The molecule has 0 spiro atoms. The van der Waals surface area contributed by atoms with Crippen LogP contribution in [0.15, 0.2) is 48.0 Å². The average molecular weight is 389 g/mol. The fraction of sp³-hybridized carbons (Fsp3) is 0.118. The van der Waals surface area contributed by atoms with Crippen molar-refractivity contribution >= 4 is 23.6 Å². The molecule has 1 N–H and O–H groups in total. The molecule has 0 radical (unpaired) electrons. The number of ether oxygens (including phenoxy) is 2. The molecule has 1 aliphatic heterocycles. The zero-order valence-corrected chi connectivity index (χ0v) is 13.4. The predicted molar refractivity (Wildman–Crippen MR) is 83.5 cm³/mol. The van der Waals surface area contributed by atoms with Gasteiger partial charge in [0.25, 0.3) is 0 Å². The maximum absolute atomic E-state index is 14.0. The second kappa shape index (κ2) is 6.21. The molecule has 1 heterocycles. The van der Waals surface area contributed by atoms with Crippen LogP contribution >= 0.6 is 11.6 Å². The minimum absolute atomic E-state index is 0.0696. The van der Waals surface area contributed by atoms with Crippen LogP contribution < -0.4 is 9.47 Å². The molecule has 3 rings (SSSR count). The Labute approximate surface area is 149 Å². The first kappa shape index (κ1) is 18.1. The van der Waals surface area contributed by atoms with E-state index in [1.54, 1.807) is 0 Å². The Kier molecular flexibility index (Phi) is 4.31. The van der Waals surface area contributed by atoms with Crippen LogP contribution in [0.25, 0.3) is 6.08 Å². The van der Waals surface area contributed by atoms with Crippen LogP contribution in [-0.4, -0.2) is 23.0 Å². The van der Waals surface area contributed by atoms with Crippen molar-refractivity contribution in [3.05, 3.63) is 64.4 Å². The summed E-state index contributed by atoms with van der Waals surface area (Å²) in [6.07, 6.45) is -4.56. The number of hydrogen-bond acceptors (Lipinski definition) is 3. The highest BCUT2D eigenvalue weighted by Gasteiger charge is 2.66. The molecule has 26 heavy (non-hydrogen) atoms. The SMILES string of the molecule is O=C(O)C1=Cc2ccccc2OC1(Oc1ccc(Cl)cc1F)C(F)(F)F. The zero-order chi connectivity index (χ0) is 19.1. The Morgan fingerprint density at radius 3 is 2.50 bits per heavy atom. The summed E-state index contributed by atoms with van der Waals surface area (Å²) in [5.41, 5.74) is -1.12. The van der Waals surface area contributed by atoms with Crippen molar-refractivity contribution < 1.29 is 36.9 Å². The maximum Gasteiger partial charge on any atom is 0.473 e. The fourth-order valence-electron chi connectivity index (χ4n) is 2.41. The minimum atomic E-state index is -5.34. The van der Waals surface area contributed by atoms with Gasteiger partial charge in [-0.25, -0.2) is 9.18 Å². The Balaban J connectivity index is 2.20. The molecule has 1 aliphatic rings. The number of aliphatic carboxylic acids is 1. The van der Waals surface area contributed by atoms with Gasteiger partial charge < -0.3 is 14.6 Å². The van der Waals surface area contributed by atoms with Crippen molar-refractivity contribution in [1.29, 1.82) is 0 Å². The van der Waals surface area contributed by atoms with Crippen molar-refractivity contribution in [3.63, 3.8) is 0 Å². The third-order valence-electron chi connectivity index (χ3n) is 3.58. The number of fused-ring (bicyclic) bond motifs is 1. The fourth-order valence-corrected chi connectivity index (χ4v) is 2.57. The van der Waals surface area contributed by atoms with E-state index in [1.807, 2.05) is 0 Å². The largest absolute Gasteiger partial charge is 0.478 e. The molecule has 0 amide bonds. The van der Waals surface area contributed by atoms with Crippen molar-refractivity contribution in [2.24, 2.45) is 0 Å². The summed E-state index contributed by atoms with van der Waals surface area (Å²) >= 11 is 5.58. The molecule has 1 unspecified atom stereocenters. The molecule has 2 aromatic carbocycles. The summed E-state index contributed by atoms with van der Waals surface area (Å²) in [6.45, 7) is 0. The maximum atomic E-state index is 14.0. The van der Waals surface area contributed by atoms with E-state index in [0.29, 0.717) is 0 Å². The standard InChI is InChI=1S/C17H9ClF4O4/c18-10-5-6-14(12(19)8-10)26-16(17(20,21)22)11(15(23)24)7-9-3-1-2-4-13(9)25-16/h1-8H,(H,23,24). The molecule has 0 saturated carbocycles. The Morgan fingerprint density at radius 2 is 1.88 bits per heavy atom. The molecular formula is C17H9ClF4O4. The van der Waals surface area contributed by atoms with Gasteiger partial charge in [-0.1, -0.05) is 29.8 Å². The number of alkyl halides is 3. The Morgan fingerprint density at radius 1 is 1.19 bits per heavy atom. The number of benzene rings is 2. The van der Waals surface area contributed by atoms with E-state index in [2.05, 4.69) is 0 Å². The lowest BCUT2D eigenvalue weighted by atomic mass is 9.97. The highest BCUT2D eigenvalue weighted by Crippen LogP contribution is 2.46. The minimum Gasteiger partial charge on any atom is -0.478 e. The van der Waals surface area contributed by atoms with E-state index in [4.69, 9.17) is 21.1 Å². The lowest BCUT2D eigenvalue weighted by Crippen LogP contribution is -2.59. The van der Waals surface area contributed by atoms with Gasteiger partial charge in [0.05, 0.1) is 0 Å². The van der Waals surface area contributed by atoms with Gasteiger partial charge in [-0.15, -0.1) is 0 Å². The molecule has 0 aromatic heterocycles. The monoisotopic (exact) mass is 388 g/mol. The second-order valence-corrected chi connectivity index (χ2v) is 5.73. The molecular weight excluding hydrogens is 380 g/mol. The molecule has 136 valence electrons. The van der Waals surface area contributed by atoms with Crippen LogP contribution in [0, 0.1) is 5.82 Å². The first-order valence-electron chi connectivity index (χ1n) is 7.08. The van der Waals surface area contributed by atoms with E-state index in [1.165, 1.54) is 24.3 Å². The van der Waals surface area contributed by atoms with Gasteiger partial charge >= 0.3 is 17.9 Å². The lowest BCUT2D eigenvalue weighted by Gasteiger charge is -2.38. The first-order valence-corrected chi connectivity index (χ1v) is 7.46. The summed E-state index contributed by atoms with van der Waals surface area (Å²) in [5, 5.41) is 9.24. The molecule has 0 bridgehead atoms. The van der Waals surface area contributed by atoms with Gasteiger partial charge in [0, 0.05) is 10.6 Å². The third-order valence-corrected chi connectivity index (χ3v) is 3.81. The molecule has 4 nitrogen and oxygen atoms in total. The van der Waals surface area contributed by atoms with Crippen LogP contribution in [0.2, 0.25) is 5.02 Å². The zero-order valence-electron chi connectivity index (χ0n) is 12.7. The summed E-state index contributed by atoms with van der Waals surface area (Å²) in [4.78, 5) is 11.5. The number of hydrogen-bond donors (Lipinski definition) is 1. The van der Waals surface area contributed by atoms with Gasteiger partial charge in [-0.3, -0.25) is 0 Å². The predicted octanol–water partition coefficient (Wildman–Crippen LogP) is 4.68. The summed E-state index contributed by atoms with van der Waals surface area (Å²) in [7, 11) is 0. The second-order valence-electron chi connectivity index (χ2n) is 5.29. The van der Waals surface area contributed by atoms with Crippen LogP contribution in [0.1, 0.15) is 5.56 Å². The van der Waals surface area contributed by atoms with E-state index >= 15 is 0 Å². The molecule has 2 aromatic rings. The van der Waals surface area contributed by atoms with Crippen molar-refractivity contribution in [1.82, 2.24) is 0 Å². The number of para-hydroxylation sites is 1. The smallest absolute Gasteiger partial charge is 0.473 e. The van der Waals surface area contributed by atoms with E-state index < -0.39 is 35.1 Å². The molecule has 9 heteroatoms. The van der Waals surface area contributed by atoms with Gasteiger partial charge in [0.1, 0.15) is 11.3 Å². The number of halogens is 5. The van der Waals surface area contributed by atoms with E-state index in [0.717, 1.165) is 24.3 Å². The number of carboxylic acids is 1. The van der Waals surface area contributed by atoms with E-state index in [-0.39, 0.29) is 16.3 Å².